The maximum absolute atomic E-state index is 13.4. The molecule has 0 N–H and O–H groups in total. The Hall–Kier alpha value is -3.59. The summed E-state index contributed by atoms with van der Waals surface area (Å²) in [6.07, 6.45) is 0.404. The van der Waals surface area contributed by atoms with Gasteiger partial charge in [-0.1, -0.05) is 37.6 Å². The third-order valence-electron chi connectivity index (χ3n) is 6.00. The highest BCUT2D eigenvalue weighted by molar-refractivity contribution is 6.31. The number of carbonyl (C=O) groups is 2. The lowest BCUT2D eigenvalue weighted by Gasteiger charge is -2.42. The number of rotatable bonds is 4. The molecule has 10 heteroatoms. The highest BCUT2D eigenvalue weighted by Gasteiger charge is 2.45. The number of hydrogen-bond donors (Lipinski definition) is 0. The molecule has 1 heterocycles. The van der Waals surface area contributed by atoms with Crippen molar-refractivity contribution in [1.82, 2.24) is 0 Å². The summed E-state index contributed by atoms with van der Waals surface area (Å²) in [7, 11) is 0. The topological polar surface area (TPSA) is 124 Å². The van der Waals surface area contributed by atoms with Crippen molar-refractivity contribution in [3.63, 3.8) is 0 Å². The van der Waals surface area contributed by atoms with Crippen molar-refractivity contribution < 1.29 is 19.4 Å². The second-order valence-corrected chi connectivity index (χ2v) is 9.47. The fraction of sp³-hybridized carbons (Fsp3) is 0.304. The summed E-state index contributed by atoms with van der Waals surface area (Å²) in [5.74, 6) is -1.30. The van der Waals surface area contributed by atoms with Crippen LogP contribution in [0.5, 0.6) is 0 Å². The Morgan fingerprint density at radius 3 is 2.42 bits per heavy atom. The zero-order chi connectivity index (χ0) is 24.1. The number of carbonyl (C=O) groups excluding carboxylic acids is 2. The third kappa shape index (κ3) is 4.11. The number of non-ortho nitro benzene ring substituents is 1. The molecule has 33 heavy (non-hydrogen) atoms. The van der Waals surface area contributed by atoms with E-state index in [9.17, 15) is 29.8 Å². The van der Waals surface area contributed by atoms with Gasteiger partial charge in [0, 0.05) is 53.3 Å². The number of amides is 1. The first-order chi connectivity index (χ1) is 15.5. The molecule has 4 rings (SSSR count). The van der Waals surface area contributed by atoms with Gasteiger partial charge in [0.1, 0.15) is 5.69 Å². The first kappa shape index (κ1) is 22.6. The third-order valence-corrected chi connectivity index (χ3v) is 6.24. The van der Waals surface area contributed by atoms with Crippen molar-refractivity contribution in [2.45, 2.75) is 39.0 Å². The van der Waals surface area contributed by atoms with Gasteiger partial charge in [-0.3, -0.25) is 34.7 Å². The van der Waals surface area contributed by atoms with Gasteiger partial charge in [0.25, 0.3) is 11.4 Å². The van der Waals surface area contributed by atoms with Gasteiger partial charge in [-0.15, -0.1) is 0 Å². The predicted molar refractivity (Wildman–Crippen MR) is 121 cm³/mol. The molecule has 2 aromatic carbocycles. The van der Waals surface area contributed by atoms with Gasteiger partial charge in [-0.25, -0.2) is 0 Å². The van der Waals surface area contributed by atoms with Crippen LogP contribution in [0.25, 0.3) is 0 Å². The number of hydrogen-bond acceptors (Lipinski definition) is 6. The maximum Gasteiger partial charge on any atom is 0.293 e. The van der Waals surface area contributed by atoms with Crippen LogP contribution >= 0.6 is 11.6 Å². The molecule has 2 aliphatic rings. The van der Waals surface area contributed by atoms with Crippen LogP contribution in [0.15, 0.2) is 53.7 Å². The van der Waals surface area contributed by atoms with Crippen LogP contribution in [0.2, 0.25) is 5.02 Å². The molecule has 0 saturated carbocycles. The van der Waals surface area contributed by atoms with E-state index in [-0.39, 0.29) is 40.7 Å². The SMILES string of the molecule is CC1(C)CC(=O)C2=C(C1)N(c1cc(Cl)ccc1[N+](=O)[O-])C(=O)CC2c1cccc([N+](=O)[O-])c1. The summed E-state index contributed by atoms with van der Waals surface area (Å²) in [6, 6.07) is 9.83. The lowest BCUT2D eigenvalue weighted by atomic mass is 9.69. The molecule has 0 bridgehead atoms. The summed E-state index contributed by atoms with van der Waals surface area (Å²) in [6.45, 7) is 3.78. The van der Waals surface area contributed by atoms with E-state index in [0.29, 0.717) is 23.3 Å². The molecule has 9 nitrogen and oxygen atoms in total. The molecule has 0 aromatic heterocycles. The molecule has 1 aliphatic heterocycles. The van der Waals surface area contributed by atoms with Crippen LogP contribution in [0.3, 0.4) is 0 Å². The number of nitro benzene ring substituents is 2. The number of allylic oxidation sites excluding steroid dienone is 2. The highest BCUT2D eigenvalue weighted by Crippen LogP contribution is 2.49. The van der Waals surface area contributed by atoms with Crippen molar-refractivity contribution >= 4 is 40.4 Å². The minimum Gasteiger partial charge on any atom is -0.294 e. The van der Waals surface area contributed by atoms with Gasteiger partial charge in [0.2, 0.25) is 5.91 Å². The molecule has 0 saturated heterocycles. The Bertz CT molecular complexity index is 1250. The molecular formula is C23H20ClN3O6. The molecule has 1 unspecified atom stereocenters. The highest BCUT2D eigenvalue weighted by atomic mass is 35.5. The van der Waals surface area contributed by atoms with E-state index in [1.165, 1.54) is 41.3 Å². The Morgan fingerprint density at radius 1 is 1.03 bits per heavy atom. The molecule has 2 aromatic rings. The number of benzene rings is 2. The largest absolute Gasteiger partial charge is 0.294 e. The van der Waals surface area contributed by atoms with Crippen molar-refractivity contribution in [2.24, 2.45) is 5.41 Å². The second kappa shape index (κ2) is 8.08. The number of ketones is 1. The normalized spacial score (nSPS) is 20.0. The van der Waals surface area contributed by atoms with E-state index in [0.717, 1.165) is 0 Å². The van der Waals surface area contributed by atoms with Gasteiger partial charge in [0.05, 0.1) is 9.85 Å². The quantitative estimate of drug-likeness (QED) is 0.441. The molecule has 1 atom stereocenters. The molecule has 170 valence electrons. The summed E-state index contributed by atoms with van der Waals surface area (Å²) >= 11 is 6.11. The summed E-state index contributed by atoms with van der Waals surface area (Å²) in [5, 5.41) is 23.2. The summed E-state index contributed by atoms with van der Waals surface area (Å²) in [5.41, 5.74) is 0.319. The molecule has 0 radical (unpaired) electrons. The minimum absolute atomic E-state index is 0.00740. The van der Waals surface area contributed by atoms with Crippen LogP contribution in [0.1, 0.15) is 44.6 Å². The van der Waals surface area contributed by atoms with E-state index in [1.807, 2.05) is 13.8 Å². The van der Waals surface area contributed by atoms with Crippen LogP contribution in [-0.2, 0) is 9.59 Å². The number of Topliss-reactive ketones (excluding diaryl/α,β-unsaturated/α-hetero) is 1. The van der Waals surface area contributed by atoms with Crippen molar-refractivity contribution in [1.29, 1.82) is 0 Å². The predicted octanol–water partition coefficient (Wildman–Crippen LogP) is 5.32. The Labute approximate surface area is 193 Å². The van der Waals surface area contributed by atoms with Gasteiger partial charge in [0.15, 0.2) is 5.78 Å². The zero-order valence-electron chi connectivity index (χ0n) is 17.9. The van der Waals surface area contributed by atoms with Crippen LogP contribution in [0.4, 0.5) is 17.1 Å². The number of nitro groups is 2. The standard InChI is InChI=1S/C23H20ClN3O6/c1-23(2)11-19-22(20(28)12-23)16(13-4-3-5-15(8-13)26(30)31)10-21(29)25(19)18-9-14(24)6-7-17(18)27(32)33/h3-9,16H,10-12H2,1-2H3. The lowest BCUT2D eigenvalue weighted by Crippen LogP contribution is -2.44. The maximum atomic E-state index is 13.4. The van der Waals surface area contributed by atoms with Crippen molar-refractivity contribution in [3.05, 3.63) is 84.5 Å². The van der Waals surface area contributed by atoms with E-state index in [1.54, 1.807) is 6.07 Å². The zero-order valence-corrected chi connectivity index (χ0v) is 18.7. The first-order valence-corrected chi connectivity index (χ1v) is 10.6. The first-order valence-electron chi connectivity index (χ1n) is 10.3. The smallest absolute Gasteiger partial charge is 0.293 e. The van der Waals surface area contributed by atoms with E-state index >= 15 is 0 Å². The second-order valence-electron chi connectivity index (χ2n) is 9.03. The van der Waals surface area contributed by atoms with Crippen LogP contribution in [0, 0.1) is 25.6 Å². The Morgan fingerprint density at radius 2 is 1.76 bits per heavy atom. The van der Waals surface area contributed by atoms with Crippen LogP contribution in [-0.4, -0.2) is 21.5 Å². The summed E-state index contributed by atoms with van der Waals surface area (Å²) < 4.78 is 0. The average Bonchev–Trinajstić information content (AvgIpc) is 2.71. The number of nitrogens with zero attached hydrogens (tertiary/aromatic N) is 3. The molecule has 0 fully saturated rings. The fourth-order valence-corrected chi connectivity index (χ4v) is 4.83. The molecule has 1 aliphatic carbocycles. The average molecular weight is 470 g/mol. The Balaban J connectivity index is 1.96. The molecular weight excluding hydrogens is 450 g/mol. The van der Waals surface area contributed by atoms with Gasteiger partial charge in [-0.05, 0) is 29.5 Å². The van der Waals surface area contributed by atoms with E-state index < -0.39 is 27.1 Å². The summed E-state index contributed by atoms with van der Waals surface area (Å²) in [4.78, 5) is 49.9. The monoisotopic (exact) mass is 469 g/mol. The number of anilines is 1. The van der Waals surface area contributed by atoms with Gasteiger partial charge in [-0.2, -0.15) is 0 Å². The molecule has 0 spiro atoms. The number of halogens is 1. The van der Waals surface area contributed by atoms with Crippen molar-refractivity contribution in [3.8, 4) is 0 Å². The fourth-order valence-electron chi connectivity index (χ4n) is 4.66. The van der Waals surface area contributed by atoms with Gasteiger partial charge < -0.3 is 0 Å². The Kier molecular flexibility index (Phi) is 5.53. The van der Waals surface area contributed by atoms with Crippen LogP contribution < -0.4 is 4.90 Å². The lowest BCUT2D eigenvalue weighted by molar-refractivity contribution is -0.384. The van der Waals surface area contributed by atoms with E-state index in [2.05, 4.69) is 0 Å². The minimum atomic E-state index is -0.675. The van der Waals surface area contributed by atoms with E-state index in [4.69, 9.17) is 11.6 Å². The molecule has 1 amide bonds. The van der Waals surface area contributed by atoms with Gasteiger partial charge >= 0.3 is 0 Å². The van der Waals surface area contributed by atoms with Crippen molar-refractivity contribution in [2.75, 3.05) is 4.90 Å².